The highest BCUT2D eigenvalue weighted by Gasteiger charge is 2.49. The number of anilines is 1. The van der Waals surface area contributed by atoms with Crippen molar-refractivity contribution in [3.63, 3.8) is 0 Å². The number of carbonyl (C=O) groups excluding carboxylic acids is 1. The highest BCUT2D eigenvalue weighted by atomic mass is 32.2. The first kappa shape index (κ1) is 19.7. The molecule has 166 valence electrons. The Morgan fingerprint density at radius 3 is 2.53 bits per heavy atom. The summed E-state index contributed by atoms with van der Waals surface area (Å²) < 4.78 is 46.5. The van der Waals surface area contributed by atoms with Gasteiger partial charge >= 0.3 is 0 Å². The monoisotopic (exact) mass is 474 g/mol. The van der Waals surface area contributed by atoms with E-state index in [4.69, 9.17) is 18.9 Å². The number of thioether (sulfide) groups is 1. The summed E-state index contributed by atoms with van der Waals surface area (Å²) in [4.78, 5) is 19.2. The first-order valence-electron chi connectivity index (χ1n) is 10.1. The summed E-state index contributed by atoms with van der Waals surface area (Å²) in [6.45, 7) is 1.04. The van der Waals surface area contributed by atoms with E-state index < -0.39 is 15.7 Å². The molecule has 0 spiro atoms. The van der Waals surface area contributed by atoms with Gasteiger partial charge < -0.3 is 23.8 Å². The Bertz CT molecular complexity index is 1260. The van der Waals surface area contributed by atoms with Crippen LogP contribution in [0.4, 0.5) is 5.69 Å². The third-order valence-corrected chi connectivity index (χ3v) is 8.90. The number of fused-ring (bicyclic) bond motifs is 3. The lowest BCUT2D eigenvalue weighted by atomic mass is 10.2. The van der Waals surface area contributed by atoms with E-state index >= 15 is 0 Å². The Hall–Kier alpha value is -2.92. The molecule has 0 aromatic heterocycles. The molecule has 0 bridgehead atoms. The summed E-state index contributed by atoms with van der Waals surface area (Å²) in [6.07, 6.45) is 0. The standard InChI is InChI=1S/C21H18N2O7S2/c24-20(12-1-3-16-17(7-12)30-11-29-16)22-21-23(14-9-32(25,26)10-19(14)31-21)13-2-4-15-18(8-13)28-6-5-27-15/h1-4,7-8,14,19H,5-6,9-11H2. The minimum Gasteiger partial charge on any atom is -0.486 e. The first-order valence-corrected chi connectivity index (χ1v) is 12.8. The fraction of sp³-hybridized carbons (Fsp3) is 0.333. The number of benzene rings is 2. The number of hydrogen-bond donors (Lipinski definition) is 0. The SMILES string of the molecule is O=C(N=C1SC2CS(=O)(=O)CC2N1c1ccc2c(c1)OCCO2)c1ccc2c(c1)OCO2. The molecular formula is C21H18N2O7S2. The molecule has 0 radical (unpaired) electrons. The normalized spacial score (nSPS) is 25.8. The summed E-state index contributed by atoms with van der Waals surface area (Å²) in [7, 11) is -3.16. The predicted octanol–water partition coefficient (Wildman–Crippen LogP) is 2.10. The number of carbonyl (C=O) groups is 1. The van der Waals surface area contributed by atoms with Gasteiger partial charge in [0, 0.05) is 22.6 Å². The molecule has 2 aromatic carbocycles. The number of ether oxygens (including phenoxy) is 4. The zero-order valence-electron chi connectivity index (χ0n) is 16.7. The van der Waals surface area contributed by atoms with E-state index in [1.165, 1.54) is 11.8 Å². The van der Waals surface area contributed by atoms with Crippen LogP contribution in [0.5, 0.6) is 23.0 Å². The Morgan fingerprint density at radius 2 is 1.66 bits per heavy atom. The lowest BCUT2D eigenvalue weighted by Gasteiger charge is -2.26. The molecule has 0 N–H and O–H groups in total. The molecule has 4 heterocycles. The number of amidine groups is 1. The number of amides is 1. The predicted molar refractivity (Wildman–Crippen MR) is 118 cm³/mol. The molecule has 2 atom stereocenters. The van der Waals surface area contributed by atoms with Crippen molar-refractivity contribution in [2.24, 2.45) is 4.99 Å². The van der Waals surface area contributed by atoms with Gasteiger partial charge in [-0.15, -0.1) is 0 Å². The van der Waals surface area contributed by atoms with Gasteiger partial charge in [-0.05, 0) is 30.3 Å². The quantitative estimate of drug-likeness (QED) is 0.647. The van der Waals surface area contributed by atoms with Gasteiger partial charge in [0.25, 0.3) is 5.91 Å². The van der Waals surface area contributed by atoms with Crippen molar-refractivity contribution in [1.29, 1.82) is 0 Å². The maximum atomic E-state index is 13.0. The zero-order valence-corrected chi connectivity index (χ0v) is 18.4. The van der Waals surface area contributed by atoms with Crippen molar-refractivity contribution in [1.82, 2.24) is 0 Å². The van der Waals surface area contributed by atoms with Crippen molar-refractivity contribution in [3.8, 4) is 23.0 Å². The van der Waals surface area contributed by atoms with Crippen LogP contribution in [0.1, 0.15) is 10.4 Å². The molecule has 2 aromatic rings. The lowest BCUT2D eigenvalue weighted by Crippen LogP contribution is -2.37. The molecule has 2 fully saturated rings. The van der Waals surface area contributed by atoms with Crippen LogP contribution in [0, 0.1) is 0 Å². The van der Waals surface area contributed by atoms with Gasteiger partial charge in [-0.2, -0.15) is 4.99 Å². The van der Waals surface area contributed by atoms with Crippen LogP contribution in [0.3, 0.4) is 0 Å². The van der Waals surface area contributed by atoms with Gasteiger partial charge in [0.2, 0.25) is 6.79 Å². The topological polar surface area (TPSA) is 104 Å². The molecule has 9 nitrogen and oxygen atoms in total. The van der Waals surface area contributed by atoms with Crippen molar-refractivity contribution < 1.29 is 32.2 Å². The molecular weight excluding hydrogens is 456 g/mol. The molecule has 0 saturated carbocycles. The molecule has 2 unspecified atom stereocenters. The van der Waals surface area contributed by atoms with Crippen molar-refractivity contribution >= 4 is 38.4 Å². The Morgan fingerprint density at radius 1 is 0.938 bits per heavy atom. The number of hydrogen-bond acceptors (Lipinski definition) is 8. The van der Waals surface area contributed by atoms with E-state index in [9.17, 15) is 13.2 Å². The summed E-state index contributed by atoms with van der Waals surface area (Å²) in [6, 6.07) is 10.0. The number of sulfone groups is 1. The average molecular weight is 475 g/mol. The van der Waals surface area contributed by atoms with E-state index in [1.54, 1.807) is 24.3 Å². The molecule has 32 heavy (non-hydrogen) atoms. The lowest BCUT2D eigenvalue weighted by molar-refractivity contribution is 0.100. The number of nitrogens with zero attached hydrogens (tertiary/aromatic N) is 2. The van der Waals surface area contributed by atoms with Crippen molar-refractivity contribution in [2.45, 2.75) is 11.3 Å². The van der Waals surface area contributed by atoms with Gasteiger partial charge in [0.15, 0.2) is 38.0 Å². The van der Waals surface area contributed by atoms with Crippen LogP contribution in [-0.2, 0) is 9.84 Å². The van der Waals surface area contributed by atoms with Crippen LogP contribution in [0.15, 0.2) is 41.4 Å². The third-order valence-electron chi connectivity index (χ3n) is 5.69. The Labute approximate surface area is 188 Å². The van der Waals surface area contributed by atoms with E-state index in [-0.39, 0.29) is 29.6 Å². The molecule has 1 amide bonds. The second-order valence-electron chi connectivity index (χ2n) is 7.77. The maximum Gasteiger partial charge on any atom is 0.279 e. The fourth-order valence-corrected chi connectivity index (χ4v) is 8.14. The van der Waals surface area contributed by atoms with Crippen molar-refractivity contribution in [2.75, 3.05) is 36.4 Å². The zero-order chi connectivity index (χ0) is 21.9. The summed E-state index contributed by atoms with van der Waals surface area (Å²) in [5, 5.41) is 0.269. The molecule has 6 rings (SSSR count). The van der Waals surface area contributed by atoms with Crippen molar-refractivity contribution in [3.05, 3.63) is 42.0 Å². The highest BCUT2D eigenvalue weighted by Crippen LogP contribution is 2.43. The molecule has 4 aliphatic rings. The molecule has 0 aliphatic carbocycles. The van der Waals surface area contributed by atoms with E-state index in [2.05, 4.69) is 4.99 Å². The summed E-state index contributed by atoms with van der Waals surface area (Å²) in [5.41, 5.74) is 1.08. The second-order valence-corrected chi connectivity index (χ2v) is 11.1. The Balaban J connectivity index is 1.37. The summed E-state index contributed by atoms with van der Waals surface area (Å²) in [5.74, 6) is 1.94. The molecule has 11 heteroatoms. The minimum absolute atomic E-state index is 0.0103. The fourth-order valence-electron chi connectivity index (χ4n) is 4.23. The molecule has 2 saturated heterocycles. The summed E-state index contributed by atoms with van der Waals surface area (Å²) >= 11 is 1.32. The smallest absolute Gasteiger partial charge is 0.279 e. The van der Waals surface area contributed by atoms with E-state index in [0.29, 0.717) is 52.6 Å². The molecule has 4 aliphatic heterocycles. The van der Waals surface area contributed by atoms with Gasteiger partial charge in [-0.1, -0.05) is 11.8 Å². The second kappa shape index (κ2) is 7.31. The van der Waals surface area contributed by atoms with Gasteiger partial charge in [-0.25, -0.2) is 8.42 Å². The highest BCUT2D eigenvalue weighted by molar-refractivity contribution is 8.16. The van der Waals surface area contributed by atoms with Crippen LogP contribution in [0.25, 0.3) is 0 Å². The van der Waals surface area contributed by atoms with Gasteiger partial charge in [-0.3, -0.25) is 4.79 Å². The van der Waals surface area contributed by atoms with E-state index in [0.717, 1.165) is 0 Å². The van der Waals surface area contributed by atoms with Gasteiger partial charge in [0.05, 0.1) is 17.5 Å². The third kappa shape index (κ3) is 3.36. The largest absolute Gasteiger partial charge is 0.486 e. The van der Waals surface area contributed by atoms with Crippen LogP contribution in [-0.4, -0.2) is 62.3 Å². The minimum atomic E-state index is -3.16. The van der Waals surface area contributed by atoms with Crippen LogP contribution in [0.2, 0.25) is 0 Å². The Kier molecular flexibility index (Phi) is 4.51. The number of aliphatic imine (C=N–C) groups is 1. The van der Waals surface area contributed by atoms with Gasteiger partial charge in [0.1, 0.15) is 13.2 Å². The van der Waals surface area contributed by atoms with Crippen LogP contribution < -0.4 is 23.8 Å². The average Bonchev–Trinajstić information content (AvgIpc) is 3.44. The maximum absolute atomic E-state index is 13.0. The van der Waals surface area contributed by atoms with E-state index in [1.807, 2.05) is 17.0 Å². The number of rotatable bonds is 2. The van der Waals surface area contributed by atoms with Crippen LogP contribution >= 0.6 is 11.8 Å². The first-order chi connectivity index (χ1) is 15.5.